The summed E-state index contributed by atoms with van der Waals surface area (Å²) in [6, 6.07) is 9.49. The van der Waals surface area contributed by atoms with Crippen LogP contribution in [0.2, 0.25) is 0 Å². The van der Waals surface area contributed by atoms with Crippen LogP contribution in [0, 0.1) is 0 Å². The van der Waals surface area contributed by atoms with E-state index in [1.54, 1.807) is 0 Å². The van der Waals surface area contributed by atoms with Crippen LogP contribution in [-0.2, 0) is 0 Å². The average Bonchev–Trinajstić information content (AvgIpc) is 1.69. The third-order valence-corrected chi connectivity index (χ3v) is 0.800. The molecule has 1 nitrogen and oxygen atoms in total. The predicted molar refractivity (Wildman–Crippen MR) is 45.2 cm³/mol. The molecule has 0 aromatic heterocycles. The summed E-state index contributed by atoms with van der Waals surface area (Å²) in [5, 5.41) is 0. The first-order chi connectivity index (χ1) is 3.39. The molecule has 0 atom stereocenters. The molecule has 1 aromatic rings. The third-order valence-electron chi connectivity index (χ3n) is 0.800. The van der Waals surface area contributed by atoms with Gasteiger partial charge in [0.25, 0.3) is 0 Å². The van der Waals surface area contributed by atoms with Crippen molar-refractivity contribution in [2.45, 2.75) is 0 Å². The average molecular weight is 109 g/mol. The number of benzene rings is 1. The summed E-state index contributed by atoms with van der Waals surface area (Å²) in [6.07, 6.45) is 0. The van der Waals surface area contributed by atoms with E-state index in [-0.39, 0.29) is 37.7 Å². The first kappa shape index (κ1) is 11.9. The molecule has 0 aliphatic heterocycles. The number of nitrogen functional groups attached to an aromatic ring is 1. The molecular weight excluding hydrogens is 100.0 g/mol. The van der Waals surface area contributed by atoms with Gasteiger partial charge in [0.2, 0.25) is 0 Å². The van der Waals surface area contributed by atoms with Crippen LogP contribution in [0.25, 0.3) is 0 Å². The number of anilines is 1. The Morgan fingerprint density at radius 3 is 1.56 bits per heavy atom. The fourth-order valence-corrected chi connectivity index (χ4v) is 0.453. The summed E-state index contributed by atoms with van der Waals surface area (Å²) < 4.78 is 0. The van der Waals surface area contributed by atoms with E-state index >= 15 is 0 Å². The molecule has 0 fully saturated rings. The van der Waals surface area contributed by atoms with Gasteiger partial charge in [-0.2, -0.15) is 0 Å². The number of hydrogen-bond acceptors (Lipinski definition) is 1. The summed E-state index contributed by atoms with van der Waals surface area (Å²) in [7, 11) is 0. The summed E-state index contributed by atoms with van der Waals surface area (Å²) >= 11 is 0. The molecule has 40 valence electrons. The summed E-state index contributed by atoms with van der Waals surface area (Å²) in [4.78, 5) is 0. The van der Waals surface area contributed by atoms with E-state index in [4.69, 9.17) is 5.73 Å². The van der Waals surface area contributed by atoms with E-state index in [1.807, 2.05) is 30.3 Å². The van der Waals surface area contributed by atoms with Crippen molar-refractivity contribution in [3.05, 3.63) is 30.3 Å². The summed E-state index contributed by atoms with van der Waals surface area (Å²) in [6.45, 7) is 0. The van der Waals surface area contributed by atoms with E-state index in [0.29, 0.717) is 0 Å². The monoisotopic (exact) mass is 109 g/mol. The molecular formula is C6H9Li2N. The number of hydrogen-bond donors (Lipinski definition) is 1. The molecule has 1 aromatic carbocycles. The molecule has 0 aliphatic rings. The molecule has 3 heteroatoms. The Bertz CT molecular complexity index is 141. The van der Waals surface area contributed by atoms with Crippen LogP contribution < -0.4 is 5.73 Å². The molecule has 0 unspecified atom stereocenters. The molecule has 0 radical (unpaired) electrons. The van der Waals surface area contributed by atoms with Crippen LogP contribution in [-0.4, -0.2) is 37.7 Å². The van der Waals surface area contributed by atoms with Crippen LogP contribution >= 0.6 is 0 Å². The van der Waals surface area contributed by atoms with Crippen molar-refractivity contribution in [3.8, 4) is 0 Å². The number of rotatable bonds is 0. The van der Waals surface area contributed by atoms with Crippen molar-refractivity contribution in [2.75, 3.05) is 5.73 Å². The number of nitrogens with two attached hydrogens (primary N) is 1. The maximum absolute atomic E-state index is 5.36. The fraction of sp³-hybridized carbons (Fsp3) is 0. The van der Waals surface area contributed by atoms with Gasteiger partial charge in [0.1, 0.15) is 0 Å². The molecule has 0 spiro atoms. The van der Waals surface area contributed by atoms with Gasteiger partial charge in [0.15, 0.2) is 0 Å². The molecule has 2 N–H and O–H groups in total. The van der Waals surface area contributed by atoms with Gasteiger partial charge in [-0.3, -0.25) is 0 Å². The Morgan fingerprint density at radius 1 is 0.889 bits per heavy atom. The minimum absolute atomic E-state index is 0. The van der Waals surface area contributed by atoms with E-state index in [0.717, 1.165) is 5.69 Å². The van der Waals surface area contributed by atoms with Gasteiger partial charge in [-0.05, 0) is 12.1 Å². The van der Waals surface area contributed by atoms with Crippen molar-refractivity contribution in [3.63, 3.8) is 0 Å². The Balaban J connectivity index is 0. The molecule has 0 heterocycles. The van der Waals surface area contributed by atoms with Crippen LogP contribution in [0.1, 0.15) is 0 Å². The van der Waals surface area contributed by atoms with Gasteiger partial charge in [-0.25, -0.2) is 0 Å². The second kappa shape index (κ2) is 6.34. The zero-order valence-corrected chi connectivity index (χ0v) is 3.96. The van der Waals surface area contributed by atoms with Gasteiger partial charge in [0, 0.05) is 5.69 Å². The summed E-state index contributed by atoms with van der Waals surface area (Å²) in [5.74, 6) is 0. The van der Waals surface area contributed by atoms with Gasteiger partial charge in [-0.15, -0.1) is 0 Å². The maximum atomic E-state index is 5.36. The van der Waals surface area contributed by atoms with Crippen molar-refractivity contribution in [1.82, 2.24) is 0 Å². The Labute approximate surface area is 79.4 Å². The second-order valence-corrected chi connectivity index (χ2v) is 1.41. The van der Waals surface area contributed by atoms with E-state index in [2.05, 4.69) is 0 Å². The van der Waals surface area contributed by atoms with E-state index in [1.165, 1.54) is 0 Å². The SMILES string of the molecule is Nc1ccccc1.[LiH].[LiH]. The van der Waals surface area contributed by atoms with Crippen LogP contribution in [0.5, 0.6) is 0 Å². The number of para-hydroxylation sites is 1. The van der Waals surface area contributed by atoms with Gasteiger partial charge >= 0.3 is 37.7 Å². The molecule has 0 saturated heterocycles. The Morgan fingerprint density at radius 2 is 1.33 bits per heavy atom. The first-order valence-corrected chi connectivity index (χ1v) is 2.20. The fourth-order valence-electron chi connectivity index (χ4n) is 0.453. The molecule has 0 amide bonds. The quantitative estimate of drug-likeness (QED) is 0.367. The van der Waals surface area contributed by atoms with E-state index < -0.39 is 0 Å². The second-order valence-electron chi connectivity index (χ2n) is 1.41. The van der Waals surface area contributed by atoms with Crippen LogP contribution in [0.4, 0.5) is 5.69 Å². The van der Waals surface area contributed by atoms with Gasteiger partial charge in [0.05, 0.1) is 0 Å². The standard InChI is InChI=1S/C6H7N.2Li.2H/c7-6-4-2-1-3-5-6;;;;/h1-5H,7H2;;;;. The van der Waals surface area contributed by atoms with Crippen LogP contribution in [0.15, 0.2) is 30.3 Å². The molecule has 0 saturated carbocycles. The molecule has 0 bridgehead atoms. The Hall–Kier alpha value is 0.215. The van der Waals surface area contributed by atoms with Crippen molar-refractivity contribution >= 4 is 43.4 Å². The third kappa shape index (κ3) is 4.70. The van der Waals surface area contributed by atoms with Crippen molar-refractivity contribution in [1.29, 1.82) is 0 Å². The van der Waals surface area contributed by atoms with Crippen molar-refractivity contribution < 1.29 is 0 Å². The molecule has 0 aliphatic carbocycles. The zero-order chi connectivity index (χ0) is 5.11. The molecule has 1 rings (SSSR count). The van der Waals surface area contributed by atoms with Crippen molar-refractivity contribution in [2.24, 2.45) is 0 Å². The minimum atomic E-state index is 0. The zero-order valence-electron chi connectivity index (χ0n) is 3.96. The van der Waals surface area contributed by atoms with Gasteiger partial charge < -0.3 is 5.73 Å². The topological polar surface area (TPSA) is 26.0 Å². The summed E-state index contributed by atoms with van der Waals surface area (Å²) in [5.41, 5.74) is 6.18. The predicted octanol–water partition coefficient (Wildman–Crippen LogP) is -0.0282. The molecule has 9 heavy (non-hydrogen) atoms. The Kier molecular flexibility index (Phi) is 8.41. The van der Waals surface area contributed by atoms with E-state index in [9.17, 15) is 0 Å². The first-order valence-electron chi connectivity index (χ1n) is 2.20. The van der Waals surface area contributed by atoms with Crippen LogP contribution in [0.3, 0.4) is 0 Å². The normalized spacial score (nSPS) is 6.67. The van der Waals surface area contributed by atoms with Gasteiger partial charge in [-0.1, -0.05) is 18.2 Å².